The number of hydrogen-bond donors (Lipinski definition) is 0. The van der Waals surface area contributed by atoms with E-state index >= 15 is 0 Å². The summed E-state index contributed by atoms with van der Waals surface area (Å²) in [4.78, 5) is 12.2. The van der Waals surface area contributed by atoms with Crippen LogP contribution in [-0.4, -0.2) is 16.8 Å². The summed E-state index contributed by atoms with van der Waals surface area (Å²) < 4.78 is 0. The Morgan fingerprint density at radius 2 is 2.20 bits per heavy atom. The van der Waals surface area contributed by atoms with E-state index in [1.807, 2.05) is 37.7 Å². The zero-order valence-corrected chi connectivity index (χ0v) is 10.1. The lowest BCUT2D eigenvalue weighted by atomic mass is 9.99. The SMILES string of the molecule is Cc1ccc(C)c(C(=O)C2CCCS2)c1. The van der Waals surface area contributed by atoms with E-state index in [4.69, 9.17) is 0 Å². The average Bonchev–Trinajstić information content (AvgIpc) is 2.74. The Bertz CT molecular complexity index is 378. The highest BCUT2D eigenvalue weighted by atomic mass is 32.2. The summed E-state index contributed by atoms with van der Waals surface area (Å²) >= 11 is 1.81. The van der Waals surface area contributed by atoms with E-state index in [0.29, 0.717) is 5.78 Å². The maximum atomic E-state index is 12.2. The van der Waals surface area contributed by atoms with Crippen molar-refractivity contribution in [1.82, 2.24) is 0 Å². The number of aryl methyl sites for hydroxylation is 2. The molecule has 0 saturated carbocycles. The van der Waals surface area contributed by atoms with Crippen molar-refractivity contribution < 1.29 is 4.79 Å². The molecule has 1 saturated heterocycles. The maximum Gasteiger partial charge on any atom is 0.176 e. The molecule has 80 valence electrons. The molecule has 0 radical (unpaired) electrons. The highest BCUT2D eigenvalue weighted by molar-refractivity contribution is 8.00. The minimum Gasteiger partial charge on any atom is -0.293 e. The summed E-state index contributed by atoms with van der Waals surface area (Å²) in [5.74, 6) is 1.47. The molecule has 0 bridgehead atoms. The van der Waals surface area contributed by atoms with Crippen molar-refractivity contribution in [2.45, 2.75) is 31.9 Å². The van der Waals surface area contributed by atoms with Crippen LogP contribution in [0.25, 0.3) is 0 Å². The van der Waals surface area contributed by atoms with Gasteiger partial charge in [0, 0.05) is 5.56 Å². The Hall–Kier alpha value is -0.760. The van der Waals surface area contributed by atoms with Crippen LogP contribution in [0.1, 0.15) is 34.3 Å². The van der Waals surface area contributed by atoms with Crippen molar-refractivity contribution in [2.24, 2.45) is 0 Å². The van der Waals surface area contributed by atoms with E-state index in [2.05, 4.69) is 6.07 Å². The fourth-order valence-corrected chi connectivity index (χ4v) is 3.19. The number of thioether (sulfide) groups is 1. The minimum absolute atomic E-state index is 0.213. The summed E-state index contributed by atoms with van der Waals surface area (Å²) in [6.45, 7) is 4.06. The van der Waals surface area contributed by atoms with Gasteiger partial charge in [0.05, 0.1) is 5.25 Å². The van der Waals surface area contributed by atoms with Gasteiger partial charge in [0.15, 0.2) is 5.78 Å². The van der Waals surface area contributed by atoms with Gasteiger partial charge in [0.2, 0.25) is 0 Å². The lowest BCUT2D eigenvalue weighted by molar-refractivity contribution is 0.0988. The highest BCUT2D eigenvalue weighted by Crippen LogP contribution is 2.30. The molecular formula is C13H16OS. The summed E-state index contributed by atoms with van der Waals surface area (Å²) in [6, 6.07) is 6.13. The Morgan fingerprint density at radius 1 is 1.40 bits per heavy atom. The Labute approximate surface area is 95.3 Å². The van der Waals surface area contributed by atoms with Crippen LogP contribution in [-0.2, 0) is 0 Å². The predicted molar refractivity (Wildman–Crippen MR) is 65.7 cm³/mol. The quantitative estimate of drug-likeness (QED) is 0.711. The van der Waals surface area contributed by atoms with Crippen molar-refractivity contribution in [3.63, 3.8) is 0 Å². The summed E-state index contributed by atoms with van der Waals surface area (Å²) in [7, 11) is 0. The fraction of sp³-hybridized carbons (Fsp3) is 0.462. The van der Waals surface area contributed by atoms with Crippen LogP contribution >= 0.6 is 11.8 Å². The van der Waals surface area contributed by atoms with E-state index in [1.165, 1.54) is 12.0 Å². The molecule has 0 aliphatic carbocycles. The molecule has 0 aromatic heterocycles. The predicted octanol–water partition coefficient (Wildman–Crippen LogP) is 3.38. The minimum atomic E-state index is 0.213. The molecule has 0 spiro atoms. The Kier molecular flexibility index (Phi) is 3.15. The Morgan fingerprint density at radius 3 is 2.87 bits per heavy atom. The van der Waals surface area contributed by atoms with Gasteiger partial charge < -0.3 is 0 Å². The monoisotopic (exact) mass is 220 g/mol. The molecule has 15 heavy (non-hydrogen) atoms. The van der Waals surface area contributed by atoms with Crippen molar-refractivity contribution in [3.05, 3.63) is 34.9 Å². The number of rotatable bonds is 2. The van der Waals surface area contributed by atoms with Crippen LogP contribution in [0.4, 0.5) is 0 Å². The smallest absolute Gasteiger partial charge is 0.176 e. The van der Waals surface area contributed by atoms with Gasteiger partial charge in [-0.25, -0.2) is 0 Å². The van der Waals surface area contributed by atoms with Crippen molar-refractivity contribution in [3.8, 4) is 0 Å². The summed E-state index contributed by atoms with van der Waals surface area (Å²) in [5, 5.41) is 0.213. The first-order valence-electron chi connectivity index (χ1n) is 5.41. The van der Waals surface area contributed by atoms with Crippen molar-refractivity contribution in [1.29, 1.82) is 0 Å². The second-order valence-electron chi connectivity index (χ2n) is 4.18. The first kappa shape index (κ1) is 10.7. The van der Waals surface area contributed by atoms with Crippen molar-refractivity contribution in [2.75, 3.05) is 5.75 Å². The summed E-state index contributed by atoms with van der Waals surface area (Å²) in [6.07, 6.45) is 2.24. The van der Waals surface area contributed by atoms with Crippen LogP contribution in [0, 0.1) is 13.8 Å². The van der Waals surface area contributed by atoms with E-state index < -0.39 is 0 Å². The zero-order valence-electron chi connectivity index (χ0n) is 9.25. The zero-order chi connectivity index (χ0) is 10.8. The molecule has 1 fully saturated rings. The number of Topliss-reactive ketones (excluding diaryl/α,β-unsaturated/α-hetero) is 1. The van der Waals surface area contributed by atoms with Gasteiger partial charge in [-0.3, -0.25) is 4.79 Å². The van der Waals surface area contributed by atoms with E-state index in [0.717, 1.165) is 23.3 Å². The lowest BCUT2D eigenvalue weighted by Gasteiger charge is -2.10. The first-order valence-corrected chi connectivity index (χ1v) is 6.46. The number of carbonyl (C=O) groups excluding carboxylic acids is 1. The molecule has 1 aliphatic rings. The van der Waals surface area contributed by atoms with Gasteiger partial charge in [0.1, 0.15) is 0 Å². The molecule has 2 heteroatoms. The van der Waals surface area contributed by atoms with Gasteiger partial charge in [-0.1, -0.05) is 17.7 Å². The fourth-order valence-electron chi connectivity index (χ4n) is 1.96. The number of carbonyl (C=O) groups is 1. The van der Waals surface area contributed by atoms with Gasteiger partial charge in [-0.15, -0.1) is 0 Å². The maximum absolute atomic E-state index is 12.2. The molecule has 2 rings (SSSR count). The standard InChI is InChI=1S/C13H16OS/c1-9-5-6-10(2)11(8-9)13(14)12-4-3-7-15-12/h5-6,8,12H,3-4,7H2,1-2H3. The van der Waals surface area contributed by atoms with E-state index in [9.17, 15) is 4.79 Å². The summed E-state index contributed by atoms with van der Waals surface area (Å²) in [5.41, 5.74) is 3.21. The van der Waals surface area contributed by atoms with E-state index in [-0.39, 0.29) is 5.25 Å². The molecule has 0 amide bonds. The van der Waals surface area contributed by atoms with Crippen LogP contribution in [0.15, 0.2) is 18.2 Å². The van der Waals surface area contributed by atoms with Crippen LogP contribution in [0.5, 0.6) is 0 Å². The third-order valence-electron chi connectivity index (χ3n) is 2.88. The van der Waals surface area contributed by atoms with Gasteiger partial charge in [0.25, 0.3) is 0 Å². The molecule has 1 nitrogen and oxygen atoms in total. The Balaban J connectivity index is 2.27. The second-order valence-corrected chi connectivity index (χ2v) is 5.49. The first-order chi connectivity index (χ1) is 7.18. The normalized spacial score (nSPS) is 20.5. The lowest BCUT2D eigenvalue weighted by Crippen LogP contribution is -2.15. The molecule has 0 N–H and O–H groups in total. The molecule has 1 aliphatic heterocycles. The van der Waals surface area contributed by atoms with Gasteiger partial charge in [-0.05, 0) is 44.1 Å². The van der Waals surface area contributed by atoms with Crippen LogP contribution in [0.3, 0.4) is 0 Å². The third kappa shape index (κ3) is 2.25. The van der Waals surface area contributed by atoms with Crippen LogP contribution in [0.2, 0.25) is 0 Å². The molecule has 1 atom stereocenters. The molecular weight excluding hydrogens is 204 g/mol. The molecule has 1 unspecified atom stereocenters. The number of benzene rings is 1. The molecule has 1 aromatic rings. The average molecular weight is 220 g/mol. The molecule has 1 heterocycles. The van der Waals surface area contributed by atoms with Crippen molar-refractivity contribution >= 4 is 17.5 Å². The highest BCUT2D eigenvalue weighted by Gasteiger charge is 2.25. The second kappa shape index (κ2) is 4.40. The van der Waals surface area contributed by atoms with Gasteiger partial charge in [-0.2, -0.15) is 11.8 Å². The van der Waals surface area contributed by atoms with E-state index in [1.54, 1.807) is 0 Å². The topological polar surface area (TPSA) is 17.1 Å². The largest absolute Gasteiger partial charge is 0.293 e. The van der Waals surface area contributed by atoms with Crippen LogP contribution < -0.4 is 0 Å². The number of hydrogen-bond acceptors (Lipinski definition) is 2. The number of ketones is 1. The van der Waals surface area contributed by atoms with Gasteiger partial charge >= 0.3 is 0 Å². The molecule has 1 aromatic carbocycles. The third-order valence-corrected chi connectivity index (χ3v) is 4.26.